The topological polar surface area (TPSA) is 69.3 Å². The molecule has 0 saturated heterocycles. The van der Waals surface area contributed by atoms with E-state index >= 15 is 0 Å². The Labute approximate surface area is 172 Å². The summed E-state index contributed by atoms with van der Waals surface area (Å²) < 4.78 is 0. The Bertz CT molecular complexity index is 1130. The minimum atomic E-state index is -0.816. The van der Waals surface area contributed by atoms with Crippen molar-refractivity contribution in [2.75, 3.05) is 19.0 Å². The van der Waals surface area contributed by atoms with Crippen molar-refractivity contribution in [2.24, 2.45) is 0 Å². The number of hydrogen-bond donors (Lipinski definition) is 1. The number of nitrogens with one attached hydrogen (secondary N) is 1. The van der Waals surface area contributed by atoms with Gasteiger partial charge in [0.05, 0.1) is 32.2 Å². The molecule has 0 fully saturated rings. The van der Waals surface area contributed by atoms with Crippen molar-refractivity contribution in [1.29, 1.82) is 0 Å². The maximum Gasteiger partial charge on any atom is 0.262 e. The van der Waals surface area contributed by atoms with Gasteiger partial charge in [-0.2, -0.15) is 0 Å². The summed E-state index contributed by atoms with van der Waals surface area (Å²) in [4.78, 5) is 36.2. The lowest BCUT2D eigenvalue weighted by Crippen LogP contribution is -2.49. The van der Waals surface area contributed by atoms with Crippen molar-refractivity contribution < 1.29 is 9.59 Å². The first kappa shape index (κ1) is 18.8. The molecule has 6 nitrogen and oxygen atoms in total. The third-order valence-corrected chi connectivity index (χ3v) is 5.87. The highest BCUT2D eigenvalue weighted by Gasteiger charge is 2.44. The van der Waals surface area contributed by atoms with Crippen LogP contribution in [0.2, 0.25) is 10.0 Å². The van der Waals surface area contributed by atoms with E-state index in [1.165, 1.54) is 7.05 Å². The van der Waals surface area contributed by atoms with E-state index in [-0.39, 0.29) is 11.8 Å². The average molecular weight is 417 g/mol. The number of imidazole rings is 1. The van der Waals surface area contributed by atoms with Gasteiger partial charge in [-0.1, -0.05) is 35.3 Å². The van der Waals surface area contributed by atoms with Crippen molar-refractivity contribution in [3.63, 3.8) is 0 Å². The van der Waals surface area contributed by atoms with Gasteiger partial charge in [-0.25, -0.2) is 4.98 Å². The number of fused-ring (bicyclic) bond motifs is 3. The largest absolute Gasteiger partial charge is 0.324 e. The molecule has 0 saturated carbocycles. The zero-order chi connectivity index (χ0) is 20.4. The lowest BCUT2D eigenvalue weighted by Gasteiger charge is -2.35. The smallest absolute Gasteiger partial charge is 0.262 e. The fourth-order valence-electron chi connectivity index (χ4n) is 3.67. The summed E-state index contributed by atoms with van der Waals surface area (Å²) in [6.07, 6.45) is 0. The number of rotatable bonds is 2. The molecule has 28 heavy (non-hydrogen) atoms. The monoisotopic (exact) mass is 416 g/mol. The van der Waals surface area contributed by atoms with Crippen molar-refractivity contribution in [3.05, 3.63) is 51.5 Å². The molecule has 2 heterocycles. The van der Waals surface area contributed by atoms with Crippen LogP contribution in [0.25, 0.3) is 11.0 Å². The fraction of sp³-hybridized carbons (Fsp3) is 0.250. The van der Waals surface area contributed by atoms with Crippen LogP contribution in [0, 0.1) is 0 Å². The average Bonchev–Trinajstić information content (AvgIpc) is 3.08. The van der Waals surface area contributed by atoms with Crippen LogP contribution in [0.1, 0.15) is 29.8 Å². The van der Waals surface area contributed by atoms with E-state index in [0.29, 0.717) is 43.8 Å². The molecule has 144 valence electrons. The second-order valence-electron chi connectivity index (χ2n) is 7.37. The highest BCUT2D eigenvalue weighted by Crippen LogP contribution is 2.40. The molecule has 2 amide bonds. The van der Waals surface area contributed by atoms with Gasteiger partial charge in [0.1, 0.15) is 5.52 Å². The summed E-state index contributed by atoms with van der Waals surface area (Å²) in [5.41, 5.74) is 2.10. The number of carbonyl (C=O) groups is 2. The second kappa shape index (κ2) is 6.22. The summed E-state index contributed by atoms with van der Waals surface area (Å²) in [7, 11) is 3.29. The van der Waals surface area contributed by atoms with Gasteiger partial charge >= 0.3 is 0 Å². The number of H-pyrrole nitrogens is 1. The van der Waals surface area contributed by atoms with Crippen molar-refractivity contribution in [3.8, 4) is 0 Å². The quantitative estimate of drug-likeness (QED) is 0.623. The number of benzene rings is 2. The van der Waals surface area contributed by atoms with Gasteiger partial charge in [-0.3, -0.25) is 14.5 Å². The molecule has 1 N–H and O–H groups in total. The van der Waals surface area contributed by atoms with Gasteiger partial charge in [0.2, 0.25) is 11.9 Å². The Hall–Kier alpha value is -2.57. The Balaban J connectivity index is 1.93. The van der Waals surface area contributed by atoms with E-state index in [9.17, 15) is 9.59 Å². The molecule has 0 unspecified atom stereocenters. The van der Waals surface area contributed by atoms with E-state index in [1.54, 1.807) is 30.1 Å². The van der Waals surface area contributed by atoms with Crippen LogP contribution in [0.5, 0.6) is 0 Å². The number of halogens is 2. The Morgan fingerprint density at radius 1 is 1.11 bits per heavy atom. The van der Waals surface area contributed by atoms with E-state index in [1.807, 2.05) is 26.0 Å². The maximum atomic E-state index is 12.9. The summed E-state index contributed by atoms with van der Waals surface area (Å²) in [5, 5.41) is 0.972. The third kappa shape index (κ3) is 2.52. The highest BCUT2D eigenvalue weighted by molar-refractivity contribution is 6.39. The fourth-order valence-corrected chi connectivity index (χ4v) is 4.32. The third-order valence-electron chi connectivity index (χ3n) is 5.26. The van der Waals surface area contributed by atoms with Crippen LogP contribution >= 0.6 is 23.2 Å². The molecular formula is C20H18Cl2N4O2. The van der Waals surface area contributed by atoms with Gasteiger partial charge in [0.15, 0.2) is 0 Å². The minimum Gasteiger partial charge on any atom is -0.324 e. The second-order valence-corrected chi connectivity index (χ2v) is 8.18. The van der Waals surface area contributed by atoms with E-state index in [2.05, 4.69) is 9.97 Å². The van der Waals surface area contributed by atoms with Crippen LogP contribution in [-0.4, -0.2) is 40.8 Å². The van der Waals surface area contributed by atoms with Crippen molar-refractivity contribution in [1.82, 2.24) is 14.9 Å². The normalized spacial score (nSPS) is 15.9. The van der Waals surface area contributed by atoms with Gasteiger partial charge in [-0.05, 0) is 37.6 Å². The number of aromatic amines is 1. The first-order chi connectivity index (χ1) is 13.1. The van der Waals surface area contributed by atoms with Crippen LogP contribution in [-0.2, 0) is 10.2 Å². The number of hydrogen-bond acceptors (Lipinski definition) is 4. The van der Waals surface area contributed by atoms with Crippen molar-refractivity contribution in [2.45, 2.75) is 19.3 Å². The summed E-state index contributed by atoms with van der Waals surface area (Å²) in [5.74, 6) is -0.106. The molecule has 1 aromatic heterocycles. The number of aromatic nitrogens is 2. The molecule has 1 aliphatic heterocycles. The van der Waals surface area contributed by atoms with Gasteiger partial charge < -0.3 is 9.88 Å². The standard InChI is InChI=1S/C20H18Cl2N4O2/c1-20(2)10-8-9-13-15(14(10)17(27)26(4)18(20)28)24-19(23-13)25(3)16-11(21)6-5-7-12(16)22/h5-9H,1-4H3,(H,23,24). The van der Waals surface area contributed by atoms with Crippen LogP contribution in [0.3, 0.4) is 0 Å². The Morgan fingerprint density at radius 3 is 2.39 bits per heavy atom. The molecule has 8 heteroatoms. The molecule has 0 bridgehead atoms. The molecule has 0 radical (unpaired) electrons. The van der Waals surface area contributed by atoms with Crippen molar-refractivity contribution >= 4 is 57.7 Å². The number of anilines is 2. The molecule has 2 aromatic carbocycles. The number of para-hydroxylation sites is 1. The predicted molar refractivity (Wildman–Crippen MR) is 111 cm³/mol. The zero-order valence-electron chi connectivity index (χ0n) is 15.8. The van der Waals surface area contributed by atoms with E-state index in [0.717, 1.165) is 4.90 Å². The lowest BCUT2D eigenvalue weighted by molar-refractivity contribution is -0.133. The molecule has 4 rings (SSSR count). The molecular weight excluding hydrogens is 399 g/mol. The summed E-state index contributed by atoms with van der Waals surface area (Å²) >= 11 is 12.6. The zero-order valence-corrected chi connectivity index (χ0v) is 17.3. The van der Waals surface area contributed by atoms with Gasteiger partial charge in [0.25, 0.3) is 5.91 Å². The number of carbonyl (C=O) groups excluding carboxylic acids is 2. The van der Waals surface area contributed by atoms with Crippen LogP contribution < -0.4 is 4.90 Å². The predicted octanol–water partition coefficient (Wildman–Crippen LogP) is 4.53. The number of likely N-dealkylation sites (N-methyl/N-ethyl adjacent to an activating group) is 1. The minimum absolute atomic E-state index is 0.236. The molecule has 1 aliphatic rings. The molecule has 0 atom stereocenters. The lowest BCUT2D eigenvalue weighted by atomic mass is 9.77. The van der Waals surface area contributed by atoms with E-state index in [4.69, 9.17) is 23.2 Å². The maximum absolute atomic E-state index is 12.9. The first-order valence-corrected chi connectivity index (χ1v) is 9.43. The van der Waals surface area contributed by atoms with Gasteiger partial charge in [-0.15, -0.1) is 0 Å². The summed E-state index contributed by atoms with van der Waals surface area (Å²) in [6.45, 7) is 3.62. The number of imide groups is 1. The molecule has 0 spiro atoms. The highest BCUT2D eigenvalue weighted by atomic mass is 35.5. The molecule has 0 aliphatic carbocycles. The Kier molecular flexibility index (Phi) is 4.17. The van der Waals surface area contributed by atoms with Crippen LogP contribution in [0.4, 0.5) is 11.6 Å². The molecule has 3 aromatic rings. The first-order valence-electron chi connectivity index (χ1n) is 8.68. The SMILES string of the molecule is CN1C(=O)c2c(ccc3[nH]c(N(C)c4c(Cl)cccc4Cl)nc23)C(C)(C)C1=O. The number of amides is 2. The van der Waals surface area contributed by atoms with Gasteiger partial charge in [0, 0.05) is 14.1 Å². The Morgan fingerprint density at radius 2 is 1.75 bits per heavy atom. The summed E-state index contributed by atoms with van der Waals surface area (Å²) in [6, 6.07) is 8.91. The van der Waals surface area contributed by atoms with Crippen LogP contribution in [0.15, 0.2) is 30.3 Å². The van der Waals surface area contributed by atoms with E-state index < -0.39 is 5.41 Å². The number of nitrogens with zero attached hydrogens (tertiary/aromatic N) is 3.